The van der Waals surface area contributed by atoms with Crippen LogP contribution in [0.3, 0.4) is 0 Å². The summed E-state index contributed by atoms with van der Waals surface area (Å²) in [6.45, 7) is 1.81. The monoisotopic (exact) mass is 328 g/mol. The van der Waals surface area contributed by atoms with Crippen LogP contribution in [-0.2, 0) is 4.79 Å². The molecule has 6 nitrogen and oxygen atoms in total. The largest absolute Gasteiger partial charge is 0.497 e. The molecule has 0 bridgehead atoms. The molecule has 2 aromatic rings. The van der Waals surface area contributed by atoms with Crippen LogP contribution in [0.4, 0.5) is 5.69 Å². The molecule has 0 radical (unpaired) electrons. The van der Waals surface area contributed by atoms with Gasteiger partial charge in [0.15, 0.2) is 0 Å². The number of ether oxygens (including phenoxy) is 2. The molecule has 0 atom stereocenters. The molecule has 0 fully saturated rings. The highest BCUT2D eigenvalue weighted by molar-refractivity contribution is 5.99. The highest BCUT2D eigenvalue weighted by atomic mass is 16.5. The molecule has 0 aliphatic rings. The van der Waals surface area contributed by atoms with Crippen molar-refractivity contribution in [2.45, 2.75) is 6.92 Å². The highest BCUT2D eigenvalue weighted by Gasteiger charge is 2.11. The lowest BCUT2D eigenvalue weighted by molar-refractivity contribution is -0.115. The fraction of sp³-hybridized carbons (Fsp3) is 0.222. The van der Waals surface area contributed by atoms with Crippen molar-refractivity contribution in [3.05, 3.63) is 53.6 Å². The first kappa shape index (κ1) is 17.3. The predicted octanol–water partition coefficient (Wildman–Crippen LogP) is 2.38. The summed E-state index contributed by atoms with van der Waals surface area (Å²) in [6, 6.07) is 12.3. The van der Waals surface area contributed by atoms with E-state index in [0.717, 1.165) is 5.56 Å². The van der Waals surface area contributed by atoms with Gasteiger partial charge in [-0.05, 0) is 36.8 Å². The minimum atomic E-state index is -0.383. The second-order valence-electron chi connectivity index (χ2n) is 5.20. The summed E-state index contributed by atoms with van der Waals surface area (Å²) >= 11 is 0. The minimum Gasteiger partial charge on any atom is -0.497 e. The van der Waals surface area contributed by atoms with Gasteiger partial charge in [-0.15, -0.1) is 0 Å². The third kappa shape index (κ3) is 4.74. The van der Waals surface area contributed by atoms with Crippen LogP contribution in [0.15, 0.2) is 42.5 Å². The van der Waals surface area contributed by atoms with Gasteiger partial charge in [0.1, 0.15) is 11.5 Å². The van der Waals surface area contributed by atoms with E-state index in [1.807, 2.05) is 25.1 Å². The van der Waals surface area contributed by atoms with Gasteiger partial charge in [0.25, 0.3) is 5.91 Å². The van der Waals surface area contributed by atoms with E-state index >= 15 is 0 Å². The third-order valence-electron chi connectivity index (χ3n) is 3.32. The van der Waals surface area contributed by atoms with E-state index in [4.69, 9.17) is 9.47 Å². The van der Waals surface area contributed by atoms with Gasteiger partial charge >= 0.3 is 0 Å². The van der Waals surface area contributed by atoms with Crippen molar-refractivity contribution in [2.24, 2.45) is 0 Å². The van der Waals surface area contributed by atoms with Crippen molar-refractivity contribution in [1.82, 2.24) is 5.32 Å². The van der Waals surface area contributed by atoms with Crippen molar-refractivity contribution >= 4 is 17.5 Å². The zero-order chi connectivity index (χ0) is 17.5. The molecule has 0 aromatic heterocycles. The van der Waals surface area contributed by atoms with Gasteiger partial charge in [-0.1, -0.05) is 12.1 Å². The van der Waals surface area contributed by atoms with E-state index in [1.54, 1.807) is 24.3 Å². The molecule has 0 spiro atoms. The van der Waals surface area contributed by atoms with Crippen LogP contribution in [0.25, 0.3) is 0 Å². The van der Waals surface area contributed by atoms with E-state index < -0.39 is 0 Å². The highest BCUT2D eigenvalue weighted by Crippen LogP contribution is 2.22. The first-order valence-corrected chi connectivity index (χ1v) is 7.39. The number of carbonyl (C=O) groups excluding carboxylic acids is 2. The maximum absolute atomic E-state index is 12.2. The lowest BCUT2D eigenvalue weighted by Crippen LogP contribution is -2.32. The van der Waals surface area contributed by atoms with Crippen molar-refractivity contribution in [2.75, 3.05) is 26.1 Å². The zero-order valence-corrected chi connectivity index (χ0v) is 13.9. The Morgan fingerprint density at radius 3 is 2.25 bits per heavy atom. The van der Waals surface area contributed by atoms with Gasteiger partial charge < -0.3 is 20.1 Å². The first-order chi connectivity index (χ1) is 11.5. The van der Waals surface area contributed by atoms with Crippen LogP contribution < -0.4 is 20.1 Å². The van der Waals surface area contributed by atoms with Gasteiger partial charge in [-0.3, -0.25) is 9.59 Å². The summed E-state index contributed by atoms with van der Waals surface area (Å²) in [5.74, 6) is 0.322. The molecule has 126 valence electrons. The van der Waals surface area contributed by atoms with Crippen molar-refractivity contribution in [3.8, 4) is 11.5 Å². The molecule has 0 heterocycles. The van der Waals surface area contributed by atoms with E-state index in [0.29, 0.717) is 22.7 Å². The lowest BCUT2D eigenvalue weighted by Gasteiger charge is -2.10. The minimum absolute atomic E-state index is 0.133. The molecule has 0 saturated heterocycles. The van der Waals surface area contributed by atoms with Crippen LogP contribution in [-0.4, -0.2) is 32.6 Å². The lowest BCUT2D eigenvalue weighted by atomic mass is 10.2. The molecule has 0 saturated carbocycles. The van der Waals surface area contributed by atoms with E-state index in [1.165, 1.54) is 14.2 Å². The fourth-order valence-corrected chi connectivity index (χ4v) is 2.13. The standard InChI is InChI=1S/C18H20N2O4/c1-12-5-4-6-14(7-12)20-17(21)11-19-18(22)13-8-15(23-2)10-16(9-13)24-3/h4-10H,11H2,1-3H3,(H,19,22)(H,20,21). The van der Waals surface area contributed by atoms with Crippen molar-refractivity contribution < 1.29 is 19.1 Å². The zero-order valence-electron chi connectivity index (χ0n) is 13.9. The molecule has 2 N–H and O–H groups in total. The van der Waals surface area contributed by atoms with Gasteiger partial charge in [0.2, 0.25) is 5.91 Å². The van der Waals surface area contributed by atoms with Crippen LogP contribution in [0, 0.1) is 6.92 Å². The Morgan fingerprint density at radius 1 is 1.00 bits per heavy atom. The normalized spacial score (nSPS) is 9.96. The summed E-state index contributed by atoms with van der Waals surface area (Å²) in [5, 5.41) is 5.31. The van der Waals surface area contributed by atoms with E-state index in [-0.39, 0.29) is 18.4 Å². The van der Waals surface area contributed by atoms with Crippen LogP contribution in [0.1, 0.15) is 15.9 Å². The molecule has 2 amide bonds. The van der Waals surface area contributed by atoms with Gasteiger partial charge in [0.05, 0.1) is 20.8 Å². The Labute approximate surface area is 140 Å². The number of benzene rings is 2. The Bertz CT molecular complexity index is 721. The molecule has 0 aliphatic heterocycles. The average molecular weight is 328 g/mol. The summed E-state index contributed by atoms with van der Waals surface area (Å²) in [6.07, 6.45) is 0. The second-order valence-corrected chi connectivity index (χ2v) is 5.20. The summed E-state index contributed by atoms with van der Waals surface area (Å²) in [5.41, 5.74) is 2.09. The van der Waals surface area contributed by atoms with Crippen LogP contribution in [0.5, 0.6) is 11.5 Å². The van der Waals surface area contributed by atoms with Crippen LogP contribution >= 0.6 is 0 Å². The number of anilines is 1. The SMILES string of the molecule is COc1cc(OC)cc(C(=O)NCC(=O)Nc2cccc(C)c2)c1. The number of aryl methyl sites for hydroxylation is 1. The maximum atomic E-state index is 12.2. The number of hydrogen-bond acceptors (Lipinski definition) is 4. The molecular formula is C18H20N2O4. The van der Waals surface area contributed by atoms with Gasteiger partial charge in [0, 0.05) is 17.3 Å². The van der Waals surface area contributed by atoms with E-state index in [9.17, 15) is 9.59 Å². The first-order valence-electron chi connectivity index (χ1n) is 7.39. The van der Waals surface area contributed by atoms with E-state index in [2.05, 4.69) is 10.6 Å². The Morgan fingerprint density at radius 2 is 1.67 bits per heavy atom. The number of methoxy groups -OCH3 is 2. The number of rotatable bonds is 6. The quantitative estimate of drug-likeness (QED) is 0.853. The predicted molar refractivity (Wildman–Crippen MR) is 91.7 cm³/mol. The Balaban J connectivity index is 1.96. The van der Waals surface area contributed by atoms with Gasteiger partial charge in [-0.2, -0.15) is 0 Å². The fourth-order valence-electron chi connectivity index (χ4n) is 2.13. The molecule has 2 rings (SSSR count). The average Bonchev–Trinajstić information content (AvgIpc) is 2.59. The molecule has 6 heteroatoms. The third-order valence-corrected chi connectivity index (χ3v) is 3.32. The number of carbonyl (C=O) groups is 2. The molecular weight excluding hydrogens is 308 g/mol. The smallest absolute Gasteiger partial charge is 0.251 e. The van der Waals surface area contributed by atoms with Gasteiger partial charge in [-0.25, -0.2) is 0 Å². The summed E-state index contributed by atoms with van der Waals surface area (Å²) in [7, 11) is 3.01. The molecule has 0 aliphatic carbocycles. The maximum Gasteiger partial charge on any atom is 0.251 e. The summed E-state index contributed by atoms with van der Waals surface area (Å²) in [4.78, 5) is 24.1. The van der Waals surface area contributed by atoms with Crippen molar-refractivity contribution in [3.63, 3.8) is 0 Å². The number of hydrogen-bond donors (Lipinski definition) is 2. The molecule has 0 unspecified atom stereocenters. The Kier molecular flexibility index (Phi) is 5.78. The van der Waals surface area contributed by atoms with Crippen molar-refractivity contribution in [1.29, 1.82) is 0 Å². The molecule has 2 aromatic carbocycles. The topological polar surface area (TPSA) is 76.7 Å². The summed E-state index contributed by atoms with van der Waals surface area (Å²) < 4.78 is 10.2. The molecule has 24 heavy (non-hydrogen) atoms. The number of nitrogens with one attached hydrogen (secondary N) is 2. The second kappa shape index (κ2) is 8.01. The Hall–Kier alpha value is -3.02. The van der Waals surface area contributed by atoms with Crippen LogP contribution in [0.2, 0.25) is 0 Å². The number of amides is 2.